The number of carboxylic acid groups (broad SMARTS) is 1. The van der Waals surface area contributed by atoms with Crippen LogP contribution in [0.3, 0.4) is 0 Å². The molecule has 3 aromatic carbocycles. The zero-order chi connectivity index (χ0) is 21.8. The van der Waals surface area contributed by atoms with E-state index >= 15 is 0 Å². The summed E-state index contributed by atoms with van der Waals surface area (Å²) >= 11 is 0. The zero-order valence-corrected chi connectivity index (χ0v) is 17.4. The largest absolute Gasteiger partial charge is 0.478 e. The Balaban J connectivity index is 1.49. The van der Waals surface area contributed by atoms with E-state index in [0.717, 1.165) is 37.4 Å². The fraction of sp³-hybridized carbons (Fsp3) is 0.200. The third-order valence-electron chi connectivity index (χ3n) is 5.53. The summed E-state index contributed by atoms with van der Waals surface area (Å²) in [5.41, 5.74) is 3.89. The van der Waals surface area contributed by atoms with E-state index in [1.807, 2.05) is 37.3 Å². The normalized spacial score (nSPS) is 13.7. The number of nitrogens with one attached hydrogen (secondary N) is 1. The molecule has 158 valence electrons. The average molecular weight is 415 g/mol. The molecular formula is C25H25N3O3. The van der Waals surface area contributed by atoms with Gasteiger partial charge in [0.25, 0.3) is 5.91 Å². The van der Waals surface area contributed by atoms with Crippen LogP contribution in [0.1, 0.15) is 26.3 Å². The molecule has 0 unspecified atom stereocenters. The summed E-state index contributed by atoms with van der Waals surface area (Å²) in [6, 6.07) is 22.7. The van der Waals surface area contributed by atoms with Gasteiger partial charge in [0.1, 0.15) is 0 Å². The number of aryl methyl sites for hydroxylation is 1. The molecule has 0 bridgehead atoms. The summed E-state index contributed by atoms with van der Waals surface area (Å²) in [5.74, 6) is -1.39. The number of rotatable bonds is 5. The number of piperazine rings is 1. The van der Waals surface area contributed by atoms with E-state index in [9.17, 15) is 14.7 Å². The lowest BCUT2D eigenvalue weighted by atomic mass is 10.1. The molecule has 0 saturated carbocycles. The van der Waals surface area contributed by atoms with Crippen LogP contribution in [0.25, 0.3) is 0 Å². The standard InChI is InChI=1S/C25H25N3O3/c1-18-6-5-7-19(16-18)24(29)26-23-11-10-21(17-22(23)25(30)31)28-14-12-27(13-15-28)20-8-3-2-4-9-20/h2-11,16-17H,12-15H2,1H3,(H,26,29)(H,30,31). The summed E-state index contributed by atoms with van der Waals surface area (Å²) in [6.07, 6.45) is 0. The fourth-order valence-electron chi connectivity index (χ4n) is 3.86. The van der Waals surface area contributed by atoms with E-state index in [-0.39, 0.29) is 11.5 Å². The van der Waals surface area contributed by atoms with Crippen LogP contribution in [0.5, 0.6) is 0 Å². The van der Waals surface area contributed by atoms with Gasteiger partial charge in [0.05, 0.1) is 11.3 Å². The first kappa shape index (κ1) is 20.5. The summed E-state index contributed by atoms with van der Waals surface area (Å²) in [6.45, 7) is 5.22. The molecule has 6 nitrogen and oxygen atoms in total. The van der Waals surface area contributed by atoms with Crippen LogP contribution in [0.15, 0.2) is 72.8 Å². The fourth-order valence-corrected chi connectivity index (χ4v) is 3.86. The van der Waals surface area contributed by atoms with E-state index in [1.54, 1.807) is 30.3 Å². The highest BCUT2D eigenvalue weighted by molar-refractivity contribution is 6.08. The zero-order valence-electron chi connectivity index (χ0n) is 17.4. The first-order chi connectivity index (χ1) is 15.0. The Bertz CT molecular complexity index is 1090. The number of hydrogen-bond donors (Lipinski definition) is 2. The van der Waals surface area contributed by atoms with Gasteiger partial charge in [0.2, 0.25) is 0 Å². The van der Waals surface area contributed by atoms with E-state index in [1.165, 1.54) is 5.69 Å². The van der Waals surface area contributed by atoms with Crippen LogP contribution in [-0.4, -0.2) is 43.2 Å². The van der Waals surface area contributed by atoms with Crippen molar-refractivity contribution in [3.05, 3.63) is 89.5 Å². The quantitative estimate of drug-likeness (QED) is 0.651. The predicted molar refractivity (Wildman–Crippen MR) is 123 cm³/mol. The number of benzene rings is 3. The minimum Gasteiger partial charge on any atom is -0.478 e. The maximum Gasteiger partial charge on any atom is 0.337 e. The molecule has 0 atom stereocenters. The highest BCUT2D eigenvalue weighted by Gasteiger charge is 2.20. The summed E-state index contributed by atoms with van der Waals surface area (Å²) in [7, 11) is 0. The molecule has 6 heteroatoms. The molecule has 1 aliphatic rings. The number of amides is 1. The molecule has 31 heavy (non-hydrogen) atoms. The maximum absolute atomic E-state index is 12.6. The van der Waals surface area contributed by atoms with Crippen molar-refractivity contribution in [1.29, 1.82) is 0 Å². The van der Waals surface area contributed by atoms with Gasteiger partial charge in [-0.15, -0.1) is 0 Å². The molecule has 1 heterocycles. The van der Waals surface area contributed by atoms with Crippen molar-refractivity contribution in [2.24, 2.45) is 0 Å². The minimum absolute atomic E-state index is 0.0870. The molecule has 0 spiro atoms. The van der Waals surface area contributed by atoms with Crippen molar-refractivity contribution in [3.8, 4) is 0 Å². The second-order valence-corrected chi connectivity index (χ2v) is 7.67. The van der Waals surface area contributed by atoms with Crippen LogP contribution >= 0.6 is 0 Å². The van der Waals surface area contributed by atoms with Gasteiger partial charge < -0.3 is 20.2 Å². The maximum atomic E-state index is 12.6. The smallest absolute Gasteiger partial charge is 0.337 e. The Hall–Kier alpha value is -3.80. The third-order valence-corrected chi connectivity index (χ3v) is 5.53. The highest BCUT2D eigenvalue weighted by atomic mass is 16.4. The van der Waals surface area contributed by atoms with Crippen molar-refractivity contribution in [2.75, 3.05) is 41.3 Å². The molecule has 1 amide bonds. The topological polar surface area (TPSA) is 72.9 Å². The number of aromatic carboxylic acids is 1. The summed E-state index contributed by atoms with van der Waals surface area (Å²) in [5, 5.41) is 12.5. The molecule has 0 aliphatic carbocycles. The molecule has 0 aromatic heterocycles. The number of carbonyl (C=O) groups excluding carboxylic acids is 1. The molecule has 4 rings (SSSR count). The summed E-state index contributed by atoms with van der Waals surface area (Å²) < 4.78 is 0. The van der Waals surface area contributed by atoms with Crippen molar-refractivity contribution in [3.63, 3.8) is 0 Å². The molecule has 1 fully saturated rings. The lowest BCUT2D eigenvalue weighted by Crippen LogP contribution is -2.46. The molecule has 1 saturated heterocycles. The Kier molecular flexibility index (Phi) is 5.89. The number of para-hydroxylation sites is 1. The van der Waals surface area contributed by atoms with Gasteiger partial charge in [-0.1, -0.05) is 35.9 Å². The van der Waals surface area contributed by atoms with Gasteiger partial charge in [-0.2, -0.15) is 0 Å². The van der Waals surface area contributed by atoms with Gasteiger partial charge in [0, 0.05) is 43.1 Å². The van der Waals surface area contributed by atoms with E-state index in [0.29, 0.717) is 11.3 Å². The van der Waals surface area contributed by atoms with Crippen LogP contribution in [0.4, 0.5) is 17.1 Å². The molecule has 1 aliphatic heterocycles. The SMILES string of the molecule is Cc1cccc(C(=O)Nc2ccc(N3CCN(c4ccccc4)CC3)cc2C(=O)O)c1. The van der Waals surface area contributed by atoms with Crippen molar-refractivity contribution in [1.82, 2.24) is 0 Å². The number of hydrogen-bond acceptors (Lipinski definition) is 4. The van der Waals surface area contributed by atoms with E-state index in [2.05, 4.69) is 27.2 Å². The van der Waals surface area contributed by atoms with Crippen LogP contribution in [0.2, 0.25) is 0 Å². The minimum atomic E-state index is -1.07. The first-order valence-electron chi connectivity index (χ1n) is 10.3. The van der Waals surface area contributed by atoms with Crippen LogP contribution in [0, 0.1) is 6.92 Å². The monoisotopic (exact) mass is 415 g/mol. The molecule has 0 radical (unpaired) electrons. The predicted octanol–water partition coefficient (Wildman–Crippen LogP) is 4.27. The van der Waals surface area contributed by atoms with Gasteiger partial charge in [-0.25, -0.2) is 4.79 Å². The molecular weight excluding hydrogens is 390 g/mol. The van der Waals surface area contributed by atoms with Crippen molar-refractivity contribution >= 4 is 28.9 Å². The van der Waals surface area contributed by atoms with Crippen LogP contribution in [-0.2, 0) is 0 Å². The van der Waals surface area contributed by atoms with Crippen molar-refractivity contribution in [2.45, 2.75) is 6.92 Å². The first-order valence-corrected chi connectivity index (χ1v) is 10.3. The second-order valence-electron chi connectivity index (χ2n) is 7.67. The van der Waals surface area contributed by atoms with E-state index < -0.39 is 5.97 Å². The number of carboxylic acids is 1. The molecule has 3 aromatic rings. The third kappa shape index (κ3) is 4.69. The number of nitrogens with zero attached hydrogens (tertiary/aromatic N) is 2. The van der Waals surface area contributed by atoms with Gasteiger partial charge in [-0.05, 0) is 49.4 Å². The van der Waals surface area contributed by atoms with Gasteiger partial charge in [-0.3, -0.25) is 4.79 Å². The lowest BCUT2D eigenvalue weighted by Gasteiger charge is -2.37. The van der Waals surface area contributed by atoms with Gasteiger partial charge >= 0.3 is 5.97 Å². The van der Waals surface area contributed by atoms with Crippen molar-refractivity contribution < 1.29 is 14.7 Å². The Labute approximate surface area is 181 Å². The highest BCUT2D eigenvalue weighted by Crippen LogP contribution is 2.26. The Morgan fingerprint density at radius 3 is 2.13 bits per heavy atom. The Morgan fingerprint density at radius 1 is 0.806 bits per heavy atom. The summed E-state index contributed by atoms with van der Waals surface area (Å²) in [4.78, 5) is 29.0. The lowest BCUT2D eigenvalue weighted by molar-refractivity contribution is 0.0698. The Morgan fingerprint density at radius 2 is 1.48 bits per heavy atom. The average Bonchev–Trinajstić information content (AvgIpc) is 2.80. The number of anilines is 3. The number of carbonyl (C=O) groups is 2. The van der Waals surface area contributed by atoms with Gasteiger partial charge in [0.15, 0.2) is 0 Å². The van der Waals surface area contributed by atoms with Crippen LogP contribution < -0.4 is 15.1 Å². The molecule has 2 N–H and O–H groups in total. The van der Waals surface area contributed by atoms with E-state index in [4.69, 9.17) is 0 Å². The second kappa shape index (κ2) is 8.92.